The van der Waals surface area contributed by atoms with Gasteiger partial charge in [0.1, 0.15) is 0 Å². The summed E-state index contributed by atoms with van der Waals surface area (Å²) < 4.78 is 0. The van der Waals surface area contributed by atoms with Gasteiger partial charge in [-0.3, -0.25) is 4.79 Å². The molecular weight excluding hydrogens is 280 g/mol. The monoisotopic (exact) mass is 296 g/mol. The zero-order valence-electron chi connectivity index (χ0n) is 11.1. The van der Waals surface area contributed by atoms with Crippen LogP contribution in [0.2, 0.25) is 5.02 Å². The van der Waals surface area contributed by atoms with E-state index in [9.17, 15) is 14.7 Å². The van der Waals surface area contributed by atoms with E-state index in [0.717, 1.165) is 6.54 Å². The van der Waals surface area contributed by atoms with Crippen molar-refractivity contribution in [3.05, 3.63) is 34.9 Å². The molecule has 1 amide bonds. The highest BCUT2D eigenvalue weighted by Crippen LogP contribution is 2.24. The van der Waals surface area contributed by atoms with Gasteiger partial charge in [0.05, 0.1) is 5.92 Å². The Bertz CT molecular complexity index is 521. The Hall–Kier alpha value is -1.59. The number of carboxylic acid groups (broad SMARTS) is 1. The summed E-state index contributed by atoms with van der Waals surface area (Å²) in [6.45, 7) is 3.30. The summed E-state index contributed by atoms with van der Waals surface area (Å²) in [5, 5.41) is 15.4. The van der Waals surface area contributed by atoms with Crippen molar-refractivity contribution in [3.63, 3.8) is 0 Å². The van der Waals surface area contributed by atoms with Crippen LogP contribution in [-0.4, -0.2) is 30.1 Å². The van der Waals surface area contributed by atoms with Gasteiger partial charge in [0, 0.05) is 17.1 Å². The van der Waals surface area contributed by atoms with Crippen LogP contribution < -0.4 is 10.6 Å². The van der Waals surface area contributed by atoms with Gasteiger partial charge < -0.3 is 15.7 Å². The largest absolute Gasteiger partial charge is 0.479 e. The number of carbonyl (C=O) groups is 2. The van der Waals surface area contributed by atoms with Crippen molar-refractivity contribution < 1.29 is 14.7 Å². The first-order valence-electron chi connectivity index (χ1n) is 6.49. The number of rotatable bonds is 4. The first kappa shape index (κ1) is 14.8. The molecule has 1 aromatic rings. The summed E-state index contributed by atoms with van der Waals surface area (Å²) in [5.41, 5.74) is 0.397. The fourth-order valence-corrected chi connectivity index (χ4v) is 2.64. The third kappa shape index (κ3) is 3.11. The summed E-state index contributed by atoms with van der Waals surface area (Å²) >= 11 is 6.01. The van der Waals surface area contributed by atoms with Gasteiger partial charge in [0.25, 0.3) is 0 Å². The predicted molar refractivity (Wildman–Crippen MR) is 75.5 cm³/mol. The molecule has 2 rings (SSSR count). The van der Waals surface area contributed by atoms with Crippen molar-refractivity contribution in [2.24, 2.45) is 11.8 Å². The molecule has 20 heavy (non-hydrogen) atoms. The molecule has 0 unspecified atom stereocenters. The zero-order valence-corrected chi connectivity index (χ0v) is 11.9. The van der Waals surface area contributed by atoms with Gasteiger partial charge in [-0.25, -0.2) is 4.79 Å². The molecule has 1 saturated heterocycles. The second-order valence-electron chi connectivity index (χ2n) is 5.04. The summed E-state index contributed by atoms with van der Waals surface area (Å²) in [6.07, 6.45) is 0. The fraction of sp³-hybridized carbons (Fsp3) is 0.429. The van der Waals surface area contributed by atoms with Gasteiger partial charge in [-0.15, -0.1) is 0 Å². The highest BCUT2D eigenvalue weighted by molar-refractivity contribution is 6.31. The summed E-state index contributed by atoms with van der Waals surface area (Å²) in [6, 6.07) is 5.51. The summed E-state index contributed by atoms with van der Waals surface area (Å²) in [7, 11) is 0. The third-order valence-electron chi connectivity index (χ3n) is 3.60. The van der Waals surface area contributed by atoms with Crippen molar-refractivity contribution in [2.75, 3.05) is 13.1 Å². The molecule has 0 aromatic heterocycles. The molecule has 1 heterocycles. The predicted octanol–water partition coefficient (Wildman–Crippen LogP) is 1.44. The van der Waals surface area contributed by atoms with E-state index in [0.29, 0.717) is 17.1 Å². The van der Waals surface area contributed by atoms with Crippen LogP contribution in [-0.2, 0) is 9.59 Å². The number of hydrogen-bond acceptors (Lipinski definition) is 3. The maximum atomic E-state index is 12.2. The van der Waals surface area contributed by atoms with Crippen molar-refractivity contribution in [1.29, 1.82) is 0 Å². The lowest BCUT2D eigenvalue weighted by atomic mass is 9.96. The van der Waals surface area contributed by atoms with E-state index in [-0.39, 0.29) is 17.7 Å². The van der Waals surface area contributed by atoms with E-state index in [1.54, 1.807) is 24.3 Å². The molecule has 0 aliphatic carbocycles. The molecule has 0 radical (unpaired) electrons. The number of amides is 1. The molecule has 0 saturated carbocycles. The second kappa shape index (κ2) is 6.24. The number of hydrogen-bond donors (Lipinski definition) is 3. The molecule has 5 nitrogen and oxygen atoms in total. The SMILES string of the molecule is C[C@@H]1CNC[C@H]1C(=O)N[C@@H](C(=O)O)c1ccccc1Cl. The Morgan fingerprint density at radius 1 is 1.40 bits per heavy atom. The van der Waals surface area contributed by atoms with Crippen molar-refractivity contribution in [2.45, 2.75) is 13.0 Å². The molecule has 3 N–H and O–H groups in total. The Kier molecular flexibility index (Phi) is 4.62. The quantitative estimate of drug-likeness (QED) is 0.785. The Labute approximate surface area is 122 Å². The maximum Gasteiger partial charge on any atom is 0.330 e. The Morgan fingerprint density at radius 3 is 2.65 bits per heavy atom. The molecule has 1 aromatic carbocycles. The molecule has 1 aliphatic heterocycles. The van der Waals surface area contributed by atoms with Crippen LogP contribution in [0.3, 0.4) is 0 Å². The van der Waals surface area contributed by atoms with E-state index in [1.165, 1.54) is 0 Å². The van der Waals surface area contributed by atoms with Crippen molar-refractivity contribution in [3.8, 4) is 0 Å². The molecule has 1 fully saturated rings. The average molecular weight is 297 g/mol. The standard InChI is InChI=1S/C14H17ClN2O3/c1-8-6-16-7-10(8)13(18)17-12(14(19)20)9-4-2-3-5-11(9)15/h2-5,8,10,12,16H,6-7H2,1H3,(H,17,18)(H,19,20)/t8-,10-,12-/m1/s1. The minimum absolute atomic E-state index is 0.190. The zero-order chi connectivity index (χ0) is 14.7. The first-order valence-corrected chi connectivity index (χ1v) is 6.87. The number of nitrogens with one attached hydrogen (secondary N) is 2. The van der Waals surface area contributed by atoms with Gasteiger partial charge in [0.2, 0.25) is 5.91 Å². The van der Waals surface area contributed by atoms with E-state index in [4.69, 9.17) is 11.6 Å². The van der Waals surface area contributed by atoms with Gasteiger partial charge in [-0.2, -0.15) is 0 Å². The smallest absolute Gasteiger partial charge is 0.330 e. The molecule has 6 heteroatoms. The Morgan fingerprint density at radius 2 is 2.10 bits per heavy atom. The highest BCUT2D eigenvalue weighted by atomic mass is 35.5. The van der Waals surface area contributed by atoms with Gasteiger partial charge in [0.15, 0.2) is 6.04 Å². The normalized spacial score (nSPS) is 23.3. The van der Waals surface area contributed by atoms with Crippen LogP contribution in [0.5, 0.6) is 0 Å². The van der Waals surface area contributed by atoms with Crippen LogP contribution in [0, 0.1) is 11.8 Å². The average Bonchev–Trinajstić information content (AvgIpc) is 2.83. The Balaban J connectivity index is 2.16. The molecule has 3 atom stereocenters. The maximum absolute atomic E-state index is 12.2. The van der Waals surface area contributed by atoms with Crippen LogP contribution in [0.4, 0.5) is 0 Å². The minimum Gasteiger partial charge on any atom is -0.479 e. The summed E-state index contributed by atoms with van der Waals surface area (Å²) in [4.78, 5) is 23.6. The number of carboxylic acids is 1. The van der Waals surface area contributed by atoms with E-state index in [1.807, 2.05) is 6.92 Å². The molecule has 1 aliphatic rings. The molecule has 0 bridgehead atoms. The fourth-order valence-electron chi connectivity index (χ4n) is 2.39. The lowest BCUT2D eigenvalue weighted by Gasteiger charge is -2.20. The van der Waals surface area contributed by atoms with Gasteiger partial charge >= 0.3 is 5.97 Å². The third-order valence-corrected chi connectivity index (χ3v) is 3.95. The van der Waals surface area contributed by atoms with Crippen LogP contribution in [0.1, 0.15) is 18.5 Å². The number of benzene rings is 1. The van der Waals surface area contributed by atoms with E-state index < -0.39 is 12.0 Å². The molecular formula is C14H17ClN2O3. The van der Waals surface area contributed by atoms with Crippen LogP contribution in [0.15, 0.2) is 24.3 Å². The topological polar surface area (TPSA) is 78.4 Å². The second-order valence-corrected chi connectivity index (χ2v) is 5.45. The number of carbonyl (C=O) groups excluding carboxylic acids is 1. The van der Waals surface area contributed by atoms with Crippen LogP contribution >= 0.6 is 11.6 Å². The van der Waals surface area contributed by atoms with Crippen molar-refractivity contribution in [1.82, 2.24) is 10.6 Å². The van der Waals surface area contributed by atoms with Gasteiger partial charge in [-0.05, 0) is 18.5 Å². The van der Waals surface area contributed by atoms with Crippen molar-refractivity contribution >= 4 is 23.5 Å². The van der Waals surface area contributed by atoms with Gasteiger partial charge in [-0.1, -0.05) is 36.7 Å². The number of halogens is 1. The highest BCUT2D eigenvalue weighted by Gasteiger charge is 2.33. The molecule has 0 spiro atoms. The summed E-state index contributed by atoms with van der Waals surface area (Å²) in [5.74, 6) is -1.39. The first-order chi connectivity index (χ1) is 9.50. The van der Waals surface area contributed by atoms with E-state index >= 15 is 0 Å². The van der Waals surface area contributed by atoms with E-state index in [2.05, 4.69) is 10.6 Å². The van der Waals surface area contributed by atoms with Crippen LogP contribution in [0.25, 0.3) is 0 Å². The lowest BCUT2D eigenvalue weighted by Crippen LogP contribution is -2.40. The minimum atomic E-state index is -1.12. The lowest BCUT2D eigenvalue weighted by molar-refractivity contribution is -0.142. The molecule has 108 valence electrons. The number of aliphatic carboxylic acids is 1.